The molecular formula is C14H14FN3O3. The van der Waals surface area contributed by atoms with E-state index in [1.165, 1.54) is 30.3 Å². The van der Waals surface area contributed by atoms with Gasteiger partial charge in [0.15, 0.2) is 0 Å². The molecule has 0 unspecified atom stereocenters. The van der Waals surface area contributed by atoms with Crippen molar-refractivity contribution in [3.63, 3.8) is 0 Å². The van der Waals surface area contributed by atoms with Crippen LogP contribution in [0, 0.1) is 5.82 Å². The smallest absolute Gasteiger partial charge is 0.327 e. The second kappa shape index (κ2) is 6.65. The molecule has 21 heavy (non-hydrogen) atoms. The van der Waals surface area contributed by atoms with Gasteiger partial charge in [-0.3, -0.25) is 25.2 Å². The Bertz CT molecular complexity index is 580. The fourth-order valence-corrected chi connectivity index (χ4v) is 1.44. The number of carbonyl (C=O) groups excluding carboxylic acids is 3. The number of hydrogen-bond donors (Lipinski definition) is 3. The minimum absolute atomic E-state index is 0.0670. The number of amides is 3. The minimum Gasteiger partial charge on any atom is -0.345 e. The Hall–Kier alpha value is -2.70. The van der Waals surface area contributed by atoms with Crippen LogP contribution in [0.15, 0.2) is 30.3 Å². The highest BCUT2D eigenvalue weighted by molar-refractivity contribution is 6.35. The number of hydrogen-bond acceptors (Lipinski definition) is 3. The molecular weight excluding hydrogens is 277 g/mol. The number of rotatable bonds is 3. The van der Waals surface area contributed by atoms with E-state index in [2.05, 4.69) is 10.7 Å². The third-order valence-corrected chi connectivity index (χ3v) is 2.72. The topological polar surface area (TPSA) is 87.3 Å². The molecule has 7 heteroatoms. The molecule has 1 aromatic carbocycles. The van der Waals surface area contributed by atoms with E-state index in [1.807, 2.05) is 5.43 Å². The van der Waals surface area contributed by atoms with E-state index >= 15 is 0 Å². The van der Waals surface area contributed by atoms with Crippen molar-refractivity contribution in [3.05, 3.63) is 41.7 Å². The predicted molar refractivity (Wildman–Crippen MR) is 72.9 cm³/mol. The number of hydrazine groups is 1. The Morgan fingerprint density at radius 1 is 1.05 bits per heavy atom. The zero-order valence-corrected chi connectivity index (χ0v) is 11.1. The molecule has 0 spiro atoms. The molecule has 0 radical (unpaired) electrons. The van der Waals surface area contributed by atoms with Crippen LogP contribution in [-0.4, -0.2) is 23.8 Å². The zero-order chi connectivity index (χ0) is 15.2. The predicted octanol–water partition coefficient (Wildman–Crippen LogP) is 0.265. The lowest BCUT2D eigenvalue weighted by molar-refractivity contribution is -0.140. The molecule has 0 atom stereocenters. The van der Waals surface area contributed by atoms with E-state index in [0.717, 1.165) is 18.9 Å². The normalized spacial score (nSPS) is 13.8. The molecule has 0 aromatic heterocycles. The van der Waals surface area contributed by atoms with E-state index in [1.54, 1.807) is 0 Å². The van der Waals surface area contributed by atoms with Gasteiger partial charge in [0.2, 0.25) is 0 Å². The highest BCUT2D eigenvalue weighted by Crippen LogP contribution is 2.18. The van der Waals surface area contributed by atoms with Crippen molar-refractivity contribution in [3.8, 4) is 0 Å². The largest absolute Gasteiger partial charge is 0.345 e. The van der Waals surface area contributed by atoms with Crippen molar-refractivity contribution < 1.29 is 18.8 Å². The fourth-order valence-electron chi connectivity index (χ4n) is 1.44. The van der Waals surface area contributed by atoms with E-state index < -0.39 is 17.7 Å². The molecule has 1 aliphatic carbocycles. The third kappa shape index (κ3) is 5.06. The van der Waals surface area contributed by atoms with Gasteiger partial charge in [0, 0.05) is 12.1 Å². The molecule has 2 rings (SSSR count). The van der Waals surface area contributed by atoms with Gasteiger partial charge in [-0.1, -0.05) is 12.1 Å². The molecule has 0 heterocycles. The second-order valence-electron chi connectivity index (χ2n) is 4.58. The second-order valence-corrected chi connectivity index (χ2v) is 4.58. The van der Waals surface area contributed by atoms with Gasteiger partial charge in [-0.05, 0) is 36.6 Å². The quantitative estimate of drug-likeness (QED) is 0.424. The van der Waals surface area contributed by atoms with E-state index in [-0.39, 0.29) is 11.9 Å². The van der Waals surface area contributed by atoms with Crippen molar-refractivity contribution >= 4 is 23.8 Å². The highest BCUT2D eigenvalue weighted by Gasteiger charge is 2.26. The number of carbonyl (C=O) groups is 3. The van der Waals surface area contributed by atoms with Gasteiger partial charge in [0.25, 0.3) is 5.91 Å². The maximum absolute atomic E-state index is 12.7. The standard InChI is InChI=1S/C14H14FN3O3/c15-10-4-1-9(2-5-10)3-8-12(19)17-18-14(21)13(20)16-11-6-7-11/h1-5,8,11H,6-7H2,(H,16,20)(H,17,19)(H,18,21)/b8-3+. The Kier molecular flexibility index (Phi) is 4.65. The van der Waals surface area contributed by atoms with Gasteiger partial charge < -0.3 is 5.32 Å². The van der Waals surface area contributed by atoms with Gasteiger partial charge in [0.05, 0.1) is 0 Å². The number of nitrogens with one attached hydrogen (secondary N) is 3. The molecule has 3 N–H and O–H groups in total. The molecule has 1 saturated carbocycles. The Balaban J connectivity index is 1.74. The Labute approximate surface area is 120 Å². The summed E-state index contributed by atoms with van der Waals surface area (Å²) >= 11 is 0. The van der Waals surface area contributed by atoms with Crippen LogP contribution in [-0.2, 0) is 14.4 Å². The molecule has 0 aliphatic heterocycles. The average Bonchev–Trinajstić information content (AvgIpc) is 3.28. The van der Waals surface area contributed by atoms with Gasteiger partial charge in [-0.2, -0.15) is 0 Å². The van der Waals surface area contributed by atoms with Crippen LogP contribution in [0.3, 0.4) is 0 Å². The molecule has 3 amide bonds. The molecule has 1 fully saturated rings. The van der Waals surface area contributed by atoms with Crippen LogP contribution < -0.4 is 16.2 Å². The van der Waals surface area contributed by atoms with E-state index in [9.17, 15) is 18.8 Å². The lowest BCUT2D eigenvalue weighted by atomic mass is 10.2. The van der Waals surface area contributed by atoms with Gasteiger partial charge in [0.1, 0.15) is 5.82 Å². The van der Waals surface area contributed by atoms with Crippen LogP contribution in [0.25, 0.3) is 6.08 Å². The van der Waals surface area contributed by atoms with Gasteiger partial charge in [-0.25, -0.2) is 4.39 Å². The van der Waals surface area contributed by atoms with Crippen molar-refractivity contribution in [2.45, 2.75) is 18.9 Å². The minimum atomic E-state index is -0.926. The van der Waals surface area contributed by atoms with Crippen molar-refractivity contribution in [2.24, 2.45) is 0 Å². The summed E-state index contributed by atoms with van der Waals surface area (Å²) in [7, 11) is 0. The first-order chi connectivity index (χ1) is 10.0. The molecule has 0 saturated heterocycles. The van der Waals surface area contributed by atoms with E-state index in [0.29, 0.717) is 5.56 Å². The first-order valence-electron chi connectivity index (χ1n) is 6.39. The van der Waals surface area contributed by atoms with Crippen molar-refractivity contribution in [1.82, 2.24) is 16.2 Å². The van der Waals surface area contributed by atoms with Crippen molar-refractivity contribution in [2.75, 3.05) is 0 Å². The molecule has 6 nitrogen and oxygen atoms in total. The van der Waals surface area contributed by atoms with Crippen LogP contribution >= 0.6 is 0 Å². The Morgan fingerprint density at radius 2 is 1.71 bits per heavy atom. The lowest BCUT2D eigenvalue weighted by Crippen LogP contribution is -2.48. The SMILES string of the molecule is O=C(/C=C/c1ccc(F)cc1)NNC(=O)C(=O)NC1CC1. The summed E-state index contributed by atoms with van der Waals surface area (Å²) in [4.78, 5) is 34.0. The molecule has 110 valence electrons. The van der Waals surface area contributed by atoms with Crippen molar-refractivity contribution in [1.29, 1.82) is 0 Å². The maximum Gasteiger partial charge on any atom is 0.327 e. The van der Waals surface area contributed by atoms with E-state index in [4.69, 9.17) is 0 Å². The van der Waals surface area contributed by atoms with Crippen LogP contribution in [0.5, 0.6) is 0 Å². The summed E-state index contributed by atoms with van der Waals surface area (Å²) < 4.78 is 12.7. The maximum atomic E-state index is 12.7. The fraction of sp³-hybridized carbons (Fsp3) is 0.214. The average molecular weight is 291 g/mol. The van der Waals surface area contributed by atoms with Crippen LogP contribution in [0.2, 0.25) is 0 Å². The summed E-state index contributed by atoms with van der Waals surface area (Å²) in [5.41, 5.74) is 4.71. The number of benzene rings is 1. The summed E-state index contributed by atoms with van der Waals surface area (Å²) in [6, 6.07) is 5.60. The summed E-state index contributed by atoms with van der Waals surface area (Å²) in [6.45, 7) is 0. The Morgan fingerprint density at radius 3 is 2.33 bits per heavy atom. The molecule has 1 aromatic rings. The van der Waals surface area contributed by atoms with Gasteiger partial charge >= 0.3 is 11.8 Å². The van der Waals surface area contributed by atoms with Crippen LogP contribution in [0.4, 0.5) is 4.39 Å². The summed E-state index contributed by atoms with van der Waals surface area (Å²) in [5, 5.41) is 2.48. The monoisotopic (exact) mass is 291 g/mol. The molecule has 1 aliphatic rings. The van der Waals surface area contributed by atoms with Gasteiger partial charge in [-0.15, -0.1) is 0 Å². The zero-order valence-electron chi connectivity index (χ0n) is 11.1. The highest BCUT2D eigenvalue weighted by atomic mass is 19.1. The molecule has 0 bridgehead atoms. The third-order valence-electron chi connectivity index (χ3n) is 2.72. The summed E-state index contributed by atoms with van der Waals surface area (Å²) in [5.74, 6) is -2.68. The number of halogens is 1. The lowest BCUT2D eigenvalue weighted by Gasteiger charge is -2.05. The summed E-state index contributed by atoms with van der Waals surface area (Å²) in [6.07, 6.45) is 4.34. The first kappa shape index (κ1) is 14.7. The first-order valence-corrected chi connectivity index (χ1v) is 6.39. The van der Waals surface area contributed by atoms with Crippen LogP contribution in [0.1, 0.15) is 18.4 Å².